The second-order valence-corrected chi connectivity index (χ2v) is 5.07. The summed E-state index contributed by atoms with van der Waals surface area (Å²) in [4.78, 5) is 1.05. The first-order valence-corrected chi connectivity index (χ1v) is 6.40. The Morgan fingerprint density at radius 1 is 1.47 bits per heavy atom. The van der Waals surface area contributed by atoms with E-state index in [1.807, 2.05) is 29.8 Å². The van der Waals surface area contributed by atoms with Gasteiger partial charge in [0.15, 0.2) is 5.16 Å². The van der Waals surface area contributed by atoms with Crippen LogP contribution in [0.3, 0.4) is 0 Å². The molecule has 0 radical (unpaired) electrons. The number of benzene rings is 1. The lowest BCUT2D eigenvalue weighted by molar-refractivity contribution is 0.788. The predicted molar refractivity (Wildman–Crippen MR) is 69.3 cm³/mol. The molecule has 0 saturated heterocycles. The molecule has 0 spiro atoms. The first-order chi connectivity index (χ1) is 8.20. The van der Waals surface area contributed by atoms with E-state index in [4.69, 9.17) is 17.3 Å². The number of nitrogens with zero attached hydrogens (tertiary/aromatic N) is 3. The molecule has 2 rings (SSSR count). The molecule has 2 aromatic rings. The summed E-state index contributed by atoms with van der Waals surface area (Å²) >= 11 is 7.71. The zero-order chi connectivity index (χ0) is 12.3. The van der Waals surface area contributed by atoms with Crippen LogP contribution in [0.2, 0.25) is 5.02 Å². The van der Waals surface area contributed by atoms with Crippen molar-refractivity contribution in [3.8, 4) is 0 Å². The van der Waals surface area contributed by atoms with Crippen LogP contribution in [-0.4, -0.2) is 21.3 Å². The average molecular weight is 269 g/mol. The van der Waals surface area contributed by atoms with Crippen LogP contribution >= 0.6 is 23.4 Å². The van der Waals surface area contributed by atoms with Gasteiger partial charge in [0.2, 0.25) is 0 Å². The lowest BCUT2D eigenvalue weighted by Crippen LogP contribution is -2.03. The highest BCUT2D eigenvalue weighted by Crippen LogP contribution is 2.29. The Hall–Kier alpha value is -1.04. The van der Waals surface area contributed by atoms with E-state index in [2.05, 4.69) is 10.2 Å². The minimum absolute atomic E-state index is 0.607. The number of nitrogens with two attached hydrogens (primary N) is 1. The van der Waals surface area contributed by atoms with Crippen molar-refractivity contribution >= 4 is 23.4 Å². The third-order valence-electron chi connectivity index (χ3n) is 2.32. The van der Waals surface area contributed by atoms with Gasteiger partial charge >= 0.3 is 0 Å². The molecule has 0 fully saturated rings. The number of rotatable bonds is 4. The van der Waals surface area contributed by atoms with Gasteiger partial charge < -0.3 is 10.3 Å². The van der Waals surface area contributed by atoms with Crippen molar-refractivity contribution < 1.29 is 0 Å². The fourth-order valence-corrected chi connectivity index (χ4v) is 2.56. The first kappa shape index (κ1) is 12.4. The zero-order valence-corrected chi connectivity index (χ0v) is 11.0. The highest BCUT2D eigenvalue weighted by atomic mass is 35.5. The van der Waals surface area contributed by atoms with Crippen LogP contribution in [0.5, 0.6) is 0 Å². The minimum Gasteiger partial charge on any atom is -0.330 e. The van der Waals surface area contributed by atoms with Gasteiger partial charge in [-0.05, 0) is 42.4 Å². The van der Waals surface area contributed by atoms with Gasteiger partial charge in [0.1, 0.15) is 6.33 Å². The van der Waals surface area contributed by atoms with E-state index in [1.54, 1.807) is 6.33 Å². The van der Waals surface area contributed by atoms with Gasteiger partial charge in [-0.2, -0.15) is 0 Å². The maximum Gasteiger partial charge on any atom is 0.195 e. The number of hydrogen-bond acceptors (Lipinski definition) is 4. The van der Waals surface area contributed by atoms with Crippen molar-refractivity contribution in [3.63, 3.8) is 0 Å². The van der Waals surface area contributed by atoms with E-state index in [9.17, 15) is 0 Å². The number of aryl methyl sites for hydroxylation is 1. The molecule has 0 saturated carbocycles. The van der Waals surface area contributed by atoms with Crippen LogP contribution in [0.4, 0.5) is 0 Å². The molecule has 1 aromatic carbocycles. The average Bonchev–Trinajstić information content (AvgIpc) is 2.69. The molecule has 0 unspecified atom stereocenters. The Balaban J connectivity index is 2.18. The van der Waals surface area contributed by atoms with Crippen molar-refractivity contribution in [1.82, 2.24) is 14.8 Å². The molecule has 0 bridgehead atoms. The lowest BCUT2D eigenvalue weighted by Gasteiger charge is -2.05. The van der Waals surface area contributed by atoms with Crippen molar-refractivity contribution in [2.45, 2.75) is 16.5 Å². The summed E-state index contributed by atoms with van der Waals surface area (Å²) in [7, 11) is 1.91. The van der Waals surface area contributed by atoms with E-state index in [1.165, 1.54) is 11.8 Å². The second kappa shape index (κ2) is 5.53. The molecular formula is C11H13ClN4S. The molecule has 4 nitrogen and oxygen atoms in total. The van der Waals surface area contributed by atoms with Gasteiger partial charge in [0.25, 0.3) is 0 Å². The lowest BCUT2D eigenvalue weighted by atomic mass is 10.1. The maximum absolute atomic E-state index is 6.18. The van der Waals surface area contributed by atoms with E-state index in [0.717, 1.165) is 27.1 Å². The second-order valence-electron chi connectivity index (χ2n) is 3.62. The molecule has 0 aliphatic heterocycles. The molecule has 1 aromatic heterocycles. The Morgan fingerprint density at radius 2 is 2.29 bits per heavy atom. The highest BCUT2D eigenvalue weighted by Gasteiger charge is 2.06. The summed E-state index contributed by atoms with van der Waals surface area (Å²) in [5.41, 5.74) is 6.59. The maximum atomic E-state index is 6.18. The molecule has 1 heterocycles. The summed E-state index contributed by atoms with van der Waals surface area (Å²) in [6.45, 7) is 0.607. The number of halogens is 1. The zero-order valence-electron chi connectivity index (χ0n) is 9.43. The summed E-state index contributed by atoms with van der Waals surface area (Å²) in [5, 5.41) is 9.44. The van der Waals surface area contributed by atoms with E-state index < -0.39 is 0 Å². The predicted octanol–water partition coefficient (Wildman–Crippen LogP) is 2.12. The third-order valence-corrected chi connectivity index (χ3v) is 3.71. The summed E-state index contributed by atoms with van der Waals surface area (Å²) in [5.74, 6) is 0. The number of hydrogen-bond donors (Lipinski definition) is 1. The van der Waals surface area contributed by atoms with Gasteiger partial charge in [-0.3, -0.25) is 0 Å². The minimum atomic E-state index is 0.607. The fourth-order valence-electron chi connectivity index (χ4n) is 1.42. The quantitative estimate of drug-likeness (QED) is 0.923. The van der Waals surface area contributed by atoms with Crippen molar-refractivity contribution in [3.05, 3.63) is 35.1 Å². The molecule has 0 amide bonds. The Kier molecular flexibility index (Phi) is 4.04. The Bertz CT molecular complexity index is 512. The smallest absolute Gasteiger partial charge is 0.195 e. The Labute approximate surface area is 109 Å². The molecule has 6 heteroatoms. The summed E-state index contributed by atoms with van der Waals surface area (Å²) in [6.07, 6.45) is 2.47. The molecule has 0 aliphatic rings. The van der Waals surface area contributed by atoms with Gasteiger partial charge in [-0.1, -0.05) is 17.7 Å². The summed E-state index contributed by atoms with van der Waals surface area (Å²) < 4.78 is 1.87. The van der Waals surface area contributed by atoms with Crippen LogP contribution in [0.1, 0.15) is 5.56 Å². The van der Waals surface area contributed by atoms with Crippen LogP contribution in [0.25, 0.3) is 0 Å². The largest absolute Gasteiger partial charge is 0.330 e. The van der Waals surface area contributed by atoms with Crippen LogP contribution in [0, 0.1) is 0 Å². The normalized spacial score (nSPS) is 10.8. The number of aromatic nitrogens is 3. The van der Waals surface area contributed by atoms with Crippen molar-refractivity contribution in [1.29, 1.82) is 0 Å². The van der Waals surface area contributed by atoms with Crippen molar-refractivity contribution in [2.75, 3.05) is 6.54 Å². The standard InChI is InChI=1S/C11H13ClN4S/c1-16-7-14-15-11(16)17-9-3-2-8(4-5-13)10(12)6-9/h2-3,6-7H,4-5,13H2,1H3. The van der Waals surface area contributed by atoms with Gasteiger partial charge in [-0.25, -0.2) is 0 Å². The molecule has 0 atom stereocenters. The molecule has 17 heavy (non-hydrogen) atoms. The van der Waals surface area contributed by atoms with Gasteiger partial charge in [0.05, 0.1) is 0 Å². The van der Waals surface area contributed by atoms with Gasteiger partial charge in [0, 0.05) is 17.0 Å². The highest BCUT2D eigenvalue weighted by molar-refractivity contribution is 7.99. The third kappa shape index (κ3) is 3.00. The van der Waals surface area contributed by atoms with E-state index in [-0.39, 0.29) is 0 Å². The molecule has 90 valence electrons. The van der Waals surface area contributed by atoms with E-state index >= 15 is 0 Å². The SMILES string of the molecule is Cn1cnnc1Sc1ccc(CCN)c(Cl)c1. The van der Waals surface area contributed by atoms with Crippen LogP contribution in [0.15, 0.2) is 34.6 Å². The van der Waals surface area contributed by atoms with Gasteiger partial charge in [-0.15, -0.1) is 10.2 Å². The van der Waals surface area contributed by atoms with E-state index in [0.29, 0.717) is 6.54 Å². The first-order valence-electron chi connectivity index (χ1n) is 5.21. The molecule has 0 aliphatic carbocycles. The fraction of sp³-hybridized carbons (Fsp3) is 0.273. The topological polar surface area (TPSA) is 56.7 Å². The van der Waals surface area contributed by atoms with Crippen LogP contribution in [-0.2, 0) is 13.5 Å². The summed E-state index contributed by atoms with van der Waals surface area (Å²) in [6, 6.07) is 5.97. The Morgan fingerprint density at radius 3 is 2.88 bits per heavy atom. The van der Waals surface area contributed by atoms with Crippen LogP contribution < -0.4 is 5.73 Å². The monoisotopic (exact) mass is 268 g/mol. The molecular weight excluding hydrogens is 256 g/mol. The molecule has 2 N–H and O–H groups in total. The van der Waals surface area contributed by atoms with Crippen molar-refractivity contribution in [2.24, 2.45) is 12.8 Å².